The number of carbonyl (C=O) groups is 2. The van der Waals surface area contributed by atoms with Gasteiger partial charge in [-0.2, -0.15) is 0 Å². The molecular weight excluding hydrogens is 456 g/mol. The van der Waals surface area contributed by atoms with Crippen LogP contribution < -0.4 is 0 Å². The zero-order valence-electron chi connectivity index (χ0n) is 24.8. The Morgan fingerprint density at radius 2 is 1.00 bits per heavy atom. The maximum absolute atomic E-state index is 11.5. The van der Waals surface area contributed by atoms with Crippen molar-refractivity contribution in [2.75, 3.05) is 0 Å². The summed E-state index contributed by atoms with van der Waals surface area (Å²) in [5, 5.41) is 8.49. The average Bonchev–Trinajstić information content (AvgIpc) is 2.88. The molecule has 1 N–H and O–H groups in total. The van der Waals surface area contributed by atoms with Gasteiger partial charge < -0.3 is 5.11 Å². The molecule has 3 nitrogen and oxygen atoms in total. The number of unbranched alkanes of at least 4 members (excludes halogenated alkanes) is 18. The number of carboxylic acid groups (broad SMARTS) is 1. The van der Waals surface area contributed by atoms with E-state index < -0.39 is 5.97 Å². The van der Waals surface area contributed by atoms with Crippen molar-refractivity contribution in [1.82, 2.24) is 0 Å². The molecule has 0 bridgehead atoms. The third-order valence-electron chi connectivity index (χ3n) is 6.65. The van der Waals surface area contributed by atoms with E-state index in [0.29, 0.717) is 12.2 Å². The summed E-state index contributed by atoms with van der Waals surface area (Å²) in [5.41, 5.74) is 0. The predicted molar refractivity (Wildman–Crippen MR) is 163 cm³/mol. The van der Waals surface area contributed by atoms with Crippen molar-refractivity contribution in [2.24, 2.45) is 0 Å². The van der Waals surface area contributed by atoms with Gasteiger partial charge in [0.25, 0.3) is 0 Å². The smallest absolute Gasteiger partial charge is 0.303 e. The van der Waals surface area contributed by atoms with Gasteiger partial charge in [0.2, 0.25) is 0 Å². The molecule has 0 atom stereocenters. The summed E-state index contributed by atoms with van der Waals surface area (Å²) >= 11 is 0. The molecule has 0 aromatic heterocycles. The molecule has 0 rings (SSSR count). The maximum atomic E-state index is 11.5. The van der Waals surface area contributed by atoms with Gasteiger partial charge in [0.05, 0.1) is 0 Å². The van der Waals surface area contributed by atoms with Gasteiger partial charge in [0.15, 0.2) is 0 Å². The fourth-order valence-corrected chi connectivity index (χ4v) is 4.30. The van der Waals surface area contributed by atoms with Crippen molar-refractivity contribution in [3.05, 3.63) is 37.0 Å². The van der Waals surface area contributed by atoms with Crippen LogP contribution in [0.1, 0.15) is 168 Å². The first kappa shape index (κ1) is 37.5. The molecule has 0 aliphatic rings. The number of aliphatic carboxylic acids is 1. The van der Waals surface area contributed by atoms with Crippen molar-refractivity contribution in [2.45, 2.75) is 168 Å². The zero-order valence-corrected chi connectivity index (χ0v) is 24.8. The highest BCUT2D eigenvalue weighted by Gasteiger charge is 2.01. The molecule has 37 heavy (non-hydrogen) atoms. The van der Waals surface area contributed by atoms with Gasteiger partial charge in [-0.3, -0.25) is 9.59 Å². The summed E-state index contributed by atoms with van der Waals surface area (Å²) in [7, 11) is 0. The van der Waals surface area contributed by atoms with Crippen molar-refractivity contribution in [1.29, 1.82) is 0 Å². The molecule has 0 amide bonds. The summed E-state index contributed by atoms with van der Waals surface area (Å²) < 4.78 is 0. The second-order valence-electron chi connectivity index (χ2n) is 10.4. The van der Waals surface area contributed by atoms with Gasteiger partial charge in [-0.15, -0.1) is 0 Å². The van der Waals surface area contributed by atoms with Crippen LogP contribution in [0.5, 0.6) is 0 Å². The Labute approximate surface area is 231 Å². The number of carboxylic acids is 1. The molecular formula is C34H62O3. The summed E-state index contributed by atoms with van der Waals surface area (Å²) in [6.45, 7) is 7.91. The van der Waals surface area contributed by atoms with E-state index in [1.807, 2.05) is 12.2 Å². The summed E-state index contributed by atoms with van der Waals surface area (Å²) in [5.74, 6) is -0.184. The van der Waals surface area contributed by atoms with E-state index in [4.69, 9.17) is 5.11 Å². The van der Waals surface area contributed by atoms with E-state index in [-0.39, 0.29) is 0 Å². The lowest BCUT2D eigenvalue weighted by Crippen LogP contribution is -1.97. The number of hydrogen-bond donors (Lipinski definition) is 1. The van der Waals surface area contributed by atoms with Crippen molar-refractivity contribution in [3.8, 4) is 0 Å². The third kappa shape index (κ3) is 39.0. The van der Waals surface area contributed by atoms with E-state index in [1.165, 1.54) is 109 Å². The van der Waals surface area contributed by atoms with E-state index in [0.717, 1.165) is 38.5 Å². The fraction of sp³-hybridized carbons (Fsp3) is 0.765. The predicted octanol–water partition coefficient (Wildman–Crippen LogP) is 11.3. The second kappa shape index (κ2) is 34.4. The Balaban J connectivity index is 0. The average molecular weight is 519 g/mol. The molecule has 0 radical (unpaired) electrons. The first-order valence-corrected chi connectivity index (χ1v) is 15.7. The van der Waals surface area contributed by atoms with Gasteiger partial charge in [-0.05, 0) is 51.9 Å². The molecule has 0 aliphatic heterocycles. The molecule has 0 aliphatic carbocycles. The Kier molecular flexibility index (Phi) is 34.8. The van der Waals surface area contributed by atoms with Gasteiger partial charge in [-0.1, -0.05) is 134 Å². The molecule has 0 saturated carbocycles. The van der Waals surface area contributed by atoms with E-state index >= 15 is 0 Å². The molecule has 0 saturated heterocycles. The second-order valence-corrected chi connectivity index (χ2v) is 10.4. The maximum Gasteiger partial charge on any atom is 0.303 e. The van der Waals surface area contributed by atoms with Crippen LogP contribution in [0.2, 0.25) is 0 Å². The van der Waals surface area contributed by atoms with Crippen LogP contribution in [0, 0.1) is 0 Å². The molecule has 216 valence electrons. The van der Waals surface area contributed by atoms with Crippen molar-refractivity contribution in [3.63, 3.8) is 0 Å². The summed E-state index contributed by atoms with van der Waals surface area (Å²) in [4.78, 5) is 21.8. The Morgan fingerprint density at radius 1 is 0.595 bits per heavy atom. The minimum Gasteiger partial charge on any atom is -0.481 e. The molecule has 0 heterocycles. The minimum absolute atomic E-state index is 0.339. The Morgan fingerprint density at radius 3 is 1.43 bits per heavy atom. The minimum atomic E-state index is -0.659. The highest BCUT2D eigenvalue weighted by molar-refractivity contribution is 5.78. The first-order chi connectivity index (χ1) is 18.1. The van der Waals surface area contributed by atoms with Gasteiger partial charge in [0, 0.05) is 19.3 Å². The van der Waals surface area contributed by atoms with Crippen molar-refractivity contribution < 1.29 is 14.7 Å². The number of Topliss-reactive ketones (excluding diaryl/α,β-unsaturated/α-hetero) is 1. The molecule has 0 fully saturated rings. The first-order valence-electron chi connectivity index (χ1n) is 15.7. The monoisotopic (exact) mass is 518 g/mol. The number of rotatable bonds is 27. The van der Waals surface area contributed by atoms with E-state index in [2.05, 4.69) is 38.7 Å². The molecule has 0 spiro atoms. The Bertz CT molecular complexity index is 547. The zero-order chi connectivity index (χ0) is 27.7. The van der Waals surface area contributed by atoms with Gasteiger partial charge >= 0.3 is 5.97 Å². The van der Waals surface area contributed by atoms with Crippen molar-refractivity contribution >= 4 is 11.8 Å². The summed E-state index contributed by atoms with van der Waals surface area (Å²) in [6, 6.07) is 0. The van der Waals surface area contributed by atoms with Crippen LogP contribution in [0.15, 0.2) is 37.0 Å². The number of allylic oxidation sites excluding steroid dienone is 5. The number of carbonyl (C=O) groups excluding carboxylic acids is 1. The fourth-order valence-electron chi connectivity index (χ4n) is 4.30. The Hall–Kier alpha value is -1.64. The number of ketones is 1. The van der Waals surface area contributed by atoms with Gasteiger partial charge in [-0.25, -0.2) is 0 Å². The lowest BCUT2D eigenvalue weighted by atomic mass is 10.0. The number of hydrogen-bond acceptors (Lipinski definition) is 2. The standard InChI is InChI=1S/C18H32O.C16H30O2/c1-3-5-7-8-9-10-11-12-13-15-17-18(19)16-14-6-4-2;1-2-3-4-5-6-7-8-9-10-11-12-13-14-15-16(17)18/h3,5,7H,1,4,6,8-17H2,2H3;2-3H,4-15H2,1H3,(H,17,18)/b;3-2-. The highest BCUT2D eigenvalue weighted by Crippen LogP contribution is 2.13. The lowest BCUT2D eigenvalue weighted by molar-refractivity contribution is -0.137. The topological polar surface area (TPSA) is 54.4 Å². The molecule has 3 heteroatoms. The van der Waals surface area contributed by atoms with Crippen LogP contribution in [-0.2, 0) is 9.59 Å². The lowest BCUT2D eigenvalue weighted by Gasteiger charge is -2.01. The van der Waals surface area contributed by atoms with Crippen LogP contribution in [0.4, 0.5) is 0 Å². The molecule has 0 unspecified atom stereocenters. The quantitative estimate of drug-likeness (QED) is 0.0668. The highest BCUT2D eigenvalue weighted by atomic mass is 16.4. The molecule has 0 aromatic carbocycles. The normalized spacial score (nSPS) is 11.1. The van der Waals surface area contributed by atoms with Crippen LogP contribution >= 0.6 is 0 Å². The largest absolute Gasteiger partial charge is 0.481 e. The SMILES string of the molecule is C/C=C\CCCCCCCCCCCCC(=O)O.C=CC=CCCCCCCCCC(=O)CCCCC. The van der Waals surface area contributed by atoms with Crippen LogP contribution in [-0.4, -0.2) is 16.9 Å². The van der Waals surface area contributed by atoms with Gasteiger partial charge in [0.1, 0.15) is 5.78 Å². The molecule has 0 aromatic rings. The summed E-state index contributed by atoms with van der Waals surface area (Å²) in [6.07, 6.45) is 38.3. The van der Waals surface area contributed by atoms with Crippen LogP contribution in [0.25, 0.3) is 0 Å². The van der Waals surface area contributed by atoms with E-state index in [1.54, 1.807) is 0 Å². The van der Waals surface area contributed by atoms with E-state index in [9.17, 15) is 9.59 Å². The third-order valence-corrected chi connectivity index (χ3v) is 6.65. The van der Waals surface area contributed by atoms with Crippen LogP contribution in [0.3, 0.4) is 0 Å².